The number of fused-ring (bicyclic) bond motifs is 1. The second-order valence-electron chi connectivity index (χ2n) is 4.14. The molecule has 0 aliphatic heterocycles. The number of anilines is 1. The van der Waals surface area contributed by atoms with Crippen LogP contribution in [-0.4, -0.2) is 16.1 Å². The van der Waals surface area contributed by atoms with Crippen LogP contribution in [0.1, 0.15) is 26.7 Å². The molecule has 0 fully saturated rings. The maximum atomic E-state index is 12.0. The fourth-order valence-corrected chi connectivity index (χ4v) is 1.97. The Morgan fingerprint density at radius 2 is 2.18 bits per heavy atom. The van der Waals surface area contributed by atoms with Crippen LogP contribution in [0, 0.1) is 5.92 Å². The maximum Gasteiger partial charge on any atom is 0.227 e. The molecule has 0 saturated heterocycles. The first-order valence-corrected chi connectivity index (χ1v) is 5.99. The molecule has 0 atom stereocenters. The zero-order chi connectivity index (χ0) is 12.3. The monoisotopic (exact) mass is 231 g/mol. The van der Waals surface area contributed by atoms with E-state index in [0.717, 1.165) is 29.4 Å². The Labute approximate surface area is 100 Å². The van der Waals surface area contributed by atoms with Gasteiger partial charge >= 0.3 is 0 Å². The highest BCUT2D eigenvalue weighted by Crippen LogP contribution is 2.22. The molecule has 4 heteroatoms. The van der Waals surface area contributed by atoms with Crippen molar-refractivity contribution in [1.82, 2.24) is 10.2 Å². The van der Waals surface area contributed by atoms with Crippen molar-refractivity contribution >= 4 is 22.5 Å². The van der Waals surface area contributed by atoms with E-state index in [1.807, 2.05) is 32.0 Å². The van der Waals surface area contributed by atoms with E-state index in [-0.39, 0.29) is 11.8 Å². The largest absolute Gasteiger partial charge is 0.325 e. The Balaban J connectivity index is 2.23. The van der Waals surface area contributed by atoms with Crippen molar-refractivity contribution in [2.75, 3.05) is 5.32 Å². The van der Waals surface area contributed by atoms with Crippen molar-refractivity contribution in [2.45, 2.75) is 26.7 Å². The second-order valence-corrected chi connectivity index (χ2v) is 4.14. The van der Waals surface area contributed by atoms with Crippen LogP contribution in [0.5, 0.6) is 0 Å². The fraction of sp³-hybridized carbons (Fsp3) is 0.385. The molecule has 0 radical (unpaired) electrons. The number of nitrogens with zero attached hydrogens (tertiary/aromatic N) is 1. The van der Waals surface area contributed by atoms with Crippen molar-refractivity contribution in [3.05, 3.63) is 24.4 Å². The predicted molar refractivity (Wildman–Crippen MR) is 68.8 cm³/mol. The number of amides is 1. The minimum Gasteiger partial charge on any atom is -0.325 e. The lowest BCUT2D eigenvalue weighted by Gasteiger charge is -2.13. The van der Waals surface area contributed by atoms with Crippen LogP contribution >= 0.6 is 0 Å². The van der Waals surface area contributed by atoms with E-state index in [2.05, 4.69) is 15.5 Å². The number of benzene rings is 1. The highest BCUT2D eigenvalue weighted by Gasteiger charge is 2.15. The number of aromatic nitrogens is 2. The number of hydrogen-bond acceptors (Lipinski definition) is 2. The molecule has 2 aromatic rings. The molecule has 0 unspecified atom stereocenters. The van der Waals surface area contributed by atoms with Crippen LogP contribution in [0.2, 0.25) is 0 Å². The molecule has 0 aliphatic carbocycles. The van der Waals surface area contributed by atoms with Gasteiger partial charge in [-0.1, -0.05) is 19.9 Å². The molecule has 4 nitrogen and oxygen atoms in total. The van der Waals surface area contributed by atoms with Gasteiger partial charge < -0.3 is 5.32 Å². The number of rotatable bonds is 4. The number of hydrogen-bond donors (Lipinski definition) is 2. The first-order valence-electron chi connectivity index (χ1n) is 5.99. The molecule has 0 bridgehead atoms. The molecule has 0 spiro atoms. The van der Waals surface area contributed by atoms with Crippen LogP contribution < -0.4 is 5.32 Å². The topological polar surface area (TPSA) is 57.8 Å². The SMILES string of the molecule is CCC(CC)C(=O)Nc1cccc2[nH]ncc12. The van der Waals surface area contributed by atoms with Gasteiger partial charge in [0, 0.05) is 11.3 Å². The summed E-state index contributed by atoms with van der Waals surface area (Å²) in [4.78, 5) is 12.0. The first-order chi connectivity index (χ1) is 8.26. The Bertz CT molecular complexity index is 514. The average molecular weight is 231 g/mol. The van der Waals surface area contributed by atoms with Crippen molar-refractivity contribution < 1.29 is 4.79 Å². The van der Waals surface area contributed by atoms with Crippen molar-refractivity contribution in [3.8, 4) is 0 Å². The Kier molecular flexibility index (Phi) is 3.42. The summed E-state index contributed by atoms with van der Waals surface area (Å²) in [7, 11) is 0. The lowest BCUT2D eigenvalue weighted by Crippen LogP contribution is -2.21. The van der Waals surface area contributed by atoms with Gasteiger partial charge in [0.1, 0.15) is 0 Å². The molecule has 17 heavy (non-hydrogen) atoms. The molecule has 1 heterocycles. The van der Waals surface area contributed by atoms with Gasteiger partial charge in [0.25, 0.3) is 0 Å². The van der Waals surface area contributed by atoms with Gasteiger partial charge in [-0.3, -0.25) is 9.89 Å². The van der Waals surface area contributed by atoms with Gasteiger partial charge in [0.05, 0.1) is 17.4 Å². The van der Waals surface area contributed by atoms with E-state index < -0.39 is 0 Å². The van der Waals surface area contributed by atoms with E-state index in [1.54, 1.807) is 6.20 Å². The summed E-state index contributed by atoms with van der Waals surface area (Å²) in [5.74, 6) is 0.167. The minimum atomic E-state index is 0.0807. The van der Waals surface area contributed by atoms with Crippen molar-refractivity contribution in [3.63, 3.8) is 0 Å². The molecular formula is C13H17N3O. The van der Waals surface area contributed by atoms with E-state index in [4.69, 9.17) is 0 Å². The molecule has 90 valence electrons. The van der Waals surface area contributed by atoms with E-state index >= 15 is 0 Å². The molecule has 1 aromatic heterocycles. The molecule has 1 amide bonds. The Morgan fingerprint density at radius 1 is 1.41 bits per heavy atom. The number of carbonyl (C=O) groups is 1. The first kappa shape index (κ1) is 11.6. The standard InChI is InChI=1S/C13H17N3O/c1-3-9(4-2)13(17)15-11-6-5-7-12-10(11)8-14-16-12/h5-9H,3-4H2,1-2H3,(H,14,16)(H,15,17). The van der Waals surface area contributed by atoms with Crippen LogP contribution in [0.25, 0.3) is 10.9 Å². The maximum absolute atomic E-state index is 12.0. The third kappa shape index (κ3) is 2.30. The van der Waals surface area contributed by atoms with Crippen LogP contribution in [0.15, 0.2) is 24.4 Å². The highest BCUT2D eigenvalue weighted by molar-refractivity contribution is 6.01. The van der Waals surface area contributed by atoms with Gasteiger partial charge in [0.2, 0.25) is 5.91 Å². The van der Waals surface area contributed by atoms with E-state index in [1.165, 1.54) is 0 Å². The van der Waals surface area contributed by atoms with Gasteiger partial charge in [-0.25, -0.2) is 0 Å². The van der Waals surface area contributed by atoms with Gasteiger partial charge in [-0.05, 0) is 25.0 Å². The number of H-pyrrole nitrogens is 1. The molecule has 2 N–H and O–H groups in total. The number of aromatic amines is 1. The lowest BCUT2D eigenvalue weighted by atomic mass is 10.0. The molecule has 1 aromatic carbocycles. The fourth-order valence-electron chi connectivity index (χ4n) is 1.97. The van der Waals surface area contributed by atoms with Crippen LogP contribution in [0.3, 0.4) is 0 Å². The summed E-state index contributed by atoms with van der Waals surface area (Å²) in [6.45, 7) is 4.07. The zero-order valence-electron chi connectivity index (χ0n) is 10.2. The summed E-state index contributed by atoms with van der Waals surface area (Å²) < 4.78 is 0. The highest BCUT2D eigenvalue weighted by atomic mass is 16.1. The van der Waals surface area contributed by atoms with Gasteiger partial charge in [0.15, 0.2) is 0 Å². The predicted octanol–water partition coefficient (Wildman–Crippen LogP) is 2.94. The molecule has 2 rings (SSSR count). The minimum absolute atomic E-state index is 0.0807. The summed E-state index contributed by atoms with van der Waals surface area (Å²) in [6.07, 6.45) is 3.46. The Hall–Kier alpha value is -1.84. The van der Waals surface area contributed by atoms with E-state index in [9.17, 15) is 4.79 Å². The van der Waals surface area contributed by atoms with Crippen LogP contribution in [-0.2, 0) is 4.79 Å². The normalized spacial score (nSPS) is 11.0. The number of nitrogens with one attached hydrogen (secondary N) is 2. The molecule has 0 saturated carbocycles. The lowest BCUT2D eigenvalue weighted by molar-refractivity contribution is -0.120. The van der Waals surface area contributed by atoms with Gasteiger partial charge in [-0.2, -0.15) is 5.10 Å². The summed E-state index contributed by atoms with van der Waals surface area (Å²) in [5, 5.41) is 10.8. The van der Waals surface area contributed by atoms with Crippen molar-refractivity contribution in [1.29, 1.82) is 0 Å². The zero-order valence-corrected chi connectivity index (χ0v) is 10.2. The van der Waals surface area contributed by atoms with Crippen molar-refractivity contribution in [2.24, 2.45) is 5.92 Å². The van der Waals surface area contributed by atoms with Crippen LogP contribution in [0.4, 0.5) is 5.69 Å². The molecular weight excluding hydrogens is 214 g/mol. The third-order valence-corrected chi connectivity index (χ3v) is 3.10. The number of carbonyl (C=O) groups excluding carboxylic acids is 1. The summed E-state index contributed by atoms with van der Waals surface area (Å²) >= 11 is 0. The van der Waals surface area contributed by atoms with Gasteiger partial charge in [-0.15, -0.1) is 0 Å². The summed E-state index contributed by atoms with van der Waals surface area (Å²) in [6, 6.07) is 5.75. The molecule has 0 aliphatic rings. The second kappa shape index (κ2) is 4.99. The third-order valence-electron chi connectivity index (χ3n) is 3.10. The summed E-state index contributed by atoms with van der Waals surface area (Å²) in [5.41, 5.74) is 1.76. The quantitative estimate of drug-likeness (QED) is 0.850. The smallest absolute Gasteiger partial charge is 0.227 e. The van der Waals surface area contributed by atoms with E-state index in [0.29, 0.717) is 0 Å². The Morgan fingerprint density at radius 3 is 2.88 bits per heavy atom. The average Bonchev–Trinajstić information content (AvgIpc) is 2.80.